The van der Waals surface area contributed by atoms with Crippen molar-refractivity contribution in [3.63, 3.8) is 0 Å². The molecule has 1 aliphatic heterocycles. The van der Waals surface area contributed by atoms with Gasteiger partial charge in [-0.1, -0.05) is 12.1 Å². The monoisotopic (exact) mass is 376 g/mol. The van der Waals surface area contributed by atoms with Gasteiger partial charge in [-0.2, -0.15) is 0 Å². The molecule has 7 heteroatoms. The molecule has 7 nitrogen and oxygen atoms in total. The maximum Gasteiger partial charge on any atom is 0.262 e. The summed E-state index contributed by atoms with van der Waals surface area (Å²) in [6.45, 7) is 3.37. The van der Waals surface area contributed by atoms with Crippen LogP contribution in [-0.2, 0) is 19.9 Å². The van der Waals surface area contributed by atoms with Crippen molar-refractivity contribution in [2.75, 3.05) is 36.0 Å². The molecule has 0 radical (unpaired) electrons. The number of piperazine rings is 1. The normalized spacial score (nSPS) is 17.0. The lowest BCUT2D eigenvalue weighted by Gasteiger charge is -2.37. The molecule has 144 valence electrons. The second-order valence-corrected chi connectivity index (χ2v) is 7.60. The summed E-state index contributed by atoms with van der Waals surface area (Å²) in [6, 6.07) is 7.55. The number of hydrogen-bond donors (Lipinski definition) is 0. The Morgan fingerprint density at radius 3 is 2.54 bits per heavy atom. The number of rotatable bonds is 2. The van der Waals surface area contributed by atoms with Gasteiger partial charge >= 0.3 is 0 Å². The minimum absolute atomic E-state index is 0.00731. The first kappa shape index (κ1) is 17.2. The fourth-order valence-corrected chi connectivity index (χ4v) is 4.38. The number of benzene rings is 1. The van der Waals surface area contributed by atoms with Gasteiger partial charge in [0.2, 0.25) is 5.95 Å². The molecular formula is C21H24N6O. The van der Waals surface area contributed by atoms with E-state index in [2.05, 4.69) is 19.8 Å². The predicted octanol–water partition coefficient (Wildman–Crippen LogP) is 1.93. The van der Waals surface area contributed by atoms with Crippen LogP contribution in [0.15, 0.2) is 35.4 Å². The lowest BCUT2D eigenvalue weighted by Crippen LogP contribution is -2.49. The summed E-state index contributed by atoms with van der Waals surface area (Å²) in [7, 11) is 1.81. The minimum atomic E-state index is 0.00731. The Bertz CT molecular complexity index is 1080. The molecule has 0 atom stereocenters. The molecule has 28 heavy (non-hydrogen) atoms. The molecule has 3 heterocycles. The van der Waals surface area contributed by atoms with Crippen molar-refractivity contribution in [3.8, 4) is 0 Å². The molecule has 2 aromatic heterocycles. The summed E-state index contributed by atoms with van der Waals surface area (Å²) in [5.41, 5.74) is 3.32. The number of fused-ring (bicyclic) bond motifs is 2. The van der Waals surface area contributed by atoms with E-state index in [9.17, 15) is 4.79 Å². The molecule has 5 rings (SSSR count). The third-order valence-electron chi connectivity index (χ3n) is 5.92. The zero-order chi connectivity index (χ0) is 19.1. The SMILES string of the molecule is Cn1c(N2CCN(c3ncnc4c3CCCC4)CC2)nc2ccccc2c1=O. The fraction of sp³-hybridized carbons (Fsp3) is 0.429. The van der Waals surface area contributed by atoms with Crippen molar-refractivity contribution >= 4 is 22.7 Å². The molecule has 0 N–H and O–H groups in total. The van der Waals surface area contributed by atoms with E-state index >= 15 is 0 Å². The summed E-state index contributed by atoms with van der Waals surface area (Å²) >= 11 is 0. The average molecular weight is 376 g/mol. The van der Waals surface area contributed by atoms with Gasteiger partial charge in [-0.05, 0) is 37.8 Å². The van der Waals surface area contributed by atoms with E-state index in [1.54, 1.807) is 10.9 Å². The van der Waals surface area contributed by atoms with Gasteiger partial charge < -0.3 is 9.80 Å². The van der Waals surface area contributed by atoms with Gasteiger partial charge in [-0.25, -0.2) is 15.0 Å². The summed E-state index contributed by atoms with van der Waals surface area (Å²) in [4.78, 5) is 31.2. The van der Waals surface area contributed by atoms with Crippen molar-refractivity contribution < 1.29 is 0 Å². The number of nitrogens with zero attached hydrogens (tertiary/aromatic N) is 6. The second-order valence-electron chi connectivity index (χ2n) is 7.60. The Hall–Kier alpha value is -2.96. The van der Waals surface area contributed by atoms with E-state index in [1.807, 2.05) is 31.3 Å². The largest absolute Gasteiger partial charge is 0.353 e. The van der Waals surface area contributed by atoms with Crippen molar-refractivity contribution in [1.29, 1.82) is 0 Å². The highest BCUT2D eigenvalue weighted by molar-refractivity contribution is 5.78. The third kappa shape index (κ3) is 2.82. The number of para-hydroxylation sites is 1. The van der Waals surface area contributed by atoms with Crippen LogP contribution in [0, 0.1) is 0 Å². The van der Waals surface area contributed by atoms with Gasteiger partial charge in [-0.3, -0.25) is 9.36 Å². The van der Waals surface area contributed by atoms with Crippen LogP contribution in [0.1, 0.15) is 24.1 Å². The van der Waals surface area contributed by atoms with Crippen molar-refractivity contribution in [2.45, 2.75) is 25.7 Å². The van der Waals surface area contributed by atoms with Crippen LogP contribution in [-0.4, -0.2) is 45.7 Å². The van der Waals surface area contributed by atoms with E-state index in [1.165, 1.54) is 24.1 Å². The molecule has 0 unspecified atom stereocenters. The van der Waals surface area contributed by atoms with Crippen LogP contribution in [0.25, 0.3) is 10.9 Å². The van der Waals surface area contributed by atoms with Gasteiger partial charge in [0.1, 0.15) is 12.1 Å². The van der Waals surface area contributed by atoms with Crippen LogP contribution in [0.4, 0.5) is 11.8 Å². The number of aryl methyl sites for hydroxylation is 1. The zero-order valence-corrected chi connectivity index (χ0v) is 16.1. The van der Waals surface area contributed by atoms with Crippen molar-refractivity contribution in [3.05, 3.63) is 52.2 Å². The van der Waals surface area contributed by atoms with Crippen LogP contribution in [0.3, 0.4) is 0 Å². The zero-order valence-electron chi connectivity index (χ0n) is 16.1. The Morgan fingerprint density at radius 1 is 0.929 bits per heavy atom. The van der Waals surface area contributed by atoms with E-state index in [4.69, 9.17) is 4.98 Å². The van der Waals surface area contributed by atoms with Crippen LogP contribution >= 0.6 is 0 Å². The maximum atomic E-state index is 12.7. The summed E-state index contributed by atoms with van der Waals surface area (Å²) in [6.07, 6.45) is 6.29. The predicted molar refractivity (Wildman–Crippen MR) is 110 cm³/mol. The highest BCUT2D eigenvalue weighted by atomic mass is 16.1. The highest BCUT2D eigenvalue weighted by Gasteiger charge is 2.25. The van der Waals surface area contributed by atoms with E-state index in [0.717, 1.165) is 56.3 Å². The first-order chi connectivity index (χ1) is 13.7. The van der Waals surface area contributed by atoms with Crippen molar-refractivity contribution in [1.82, 2.24) is 19.5 Å². The molecule has 1 aromatic carbocycles. The Morgan fingerprint density at radius 2 is 1.68 bits per heavy atom. The Labute approximate surface area is 163 Å². The lowest BCUT2D eigenvalue weighted by molar-refractivity contribution is 0.605. The van der Waals surface area contributed by atoms with E-state index < -0.39 is 0 Å². The molecule has 1 aliphatic carbocycles. The topological polar surface area (TPSA) is 67.2 Å². The number of aromatic nitrogens is 4. The molecule has 3 aromatic rings. The van der Waals surface area contributed by atoms with Gasteiger partial charge in [0.15, 0.2) is 0 Å². The first-order valence-corrected chi connectivity index (χ1v) is 10.0. The van der Waals surface area contributed by atoms with E-state index in [0.29, 0.717) is 5.39 Å². The fourth-order valence-electron chi connectivity index (χ4n) is 4.38. The third-order valence-corrected chi connectivity index (χ3v) is 5.92. The quantitative estimate of drug-likeness (QED) is 0.681. The van der Waals surface area contributed by atoms with Crippen LogP contribution < -0.4 is 15.4 Å². The smallest absolute Gasteiger partial charge is 0.262 e. The molecule has 0 bridgehead atoms. The minimum Gasteiger partial charge on any atom is -0.353 e. The van der Waals surface area contributed by atoms with Crippen LogP contribution in [0.5, 0.6) is 0 Å². The van der Waals surface area contributed by atoms with Gasteiger partial charge in [0.05, 0.1) is 10.9 Å². The molecule has 0 saturated carbocycles. The summed E-state index contributed by atoms with van der Waals surface area (Å²) < 4.78 is 1.67. The van der Waals surface area contributed by atoms with E-state index in [-0.39, 0.29) is 5.56 Å². The summed E-state index contributed by atoms with van der Waals surface area (Å²) in [5.74, 6) is 1.85. The van der Waals surface area contributed by atoms with Gasteiger partial charge in [0.25, 0.3) is 5.56 Å². The molecule has 2 aliphatic rings. The maximum absolute atomic E-state index is 12.7. The molecule has 0 spiro atoms. The number of hydrogen-bond acceptors (Lipinski definition) is 6. The van der Waals surface area contributed by atoms with Gasteiger partial charge in [0, 0.05) is 44.5 Å². The molecule has 1 saturated heterocycles. The standard InChI is InChI=1S/C21H24N6O/c1-25-20(28)16-7-3-5-9-18(16)24-21(25)27-12-10-26(11-13-27)19-15-6-2-4-8-17(15)22-14-23-19/h3,5,7,9,14H,2,4,6,8,10-13H2,1H3. The Balaban J connectivity index is 1.41. The highest BCUT2D eigenvalue weighted by Crippen LogP contribution is 2.28. The lowest BCUT2D eigenvalue weighted by atomic mass is 9.96. The van der Waals surface area contributed by atoms with Crippen molar-refractivity contribution in [2.24, 2.45) is 7.05 Å². The number of anilines is 2. The summed E-state index contributed by atoms with van der Waals surface area (Å²) in [5, 5.41) is 0.667. The van der Waals surface area contributed by atoms with Crippen LogP contribution in [0.2, 0.25) is 0 Å². The molecular weight excluding hydrogens is 352 g/mol. The molecule has 1 fully saturated rings. The Kier molecular flexibility index (Phi) is 4.22. The molecule has 0 amide bonds. The average Bonchev–Trinajstić information content (AvgIpc) is 2.76. The second kappa shape index (κ2) is 6.89. The first-order valence-electron chi connectivity index (χ1n) is 10.0. The van der Waals surface area contributed by atoms with Gasteiger partial charge in [-0.15, -0.1) is 0 Å².